The zero-order chi connectivity index (χ0) is 23.2. The summed E-state index contributed by atoms with van der Waals surface area (Å²) in [7, 11) is 0. The molecular weight excluding hydrogens is 424 g/mol. The first-order valence-electron chi connectivity index (χ1n) is 10.4. The summed E-state index contributed by atoms with van der Waals surface area (Å²) in [5.41, 5.74) is 4.17. The number of hydrogen-bond donors (Lipinski definition) is 2. The SMILES string of the molecule is O=C(Cc1ccc(F)c(F)c1)Nc1ncc(-c2ccc(CO)cc2)nc1Cc1ccccc1. The molecule has 0 aliphatic rings. The Morgan fingerprint density at radius 1 is 0.879 bits per heavy atom. The third-order valence-corrected chi connectivity index (χ3v) is 5.10. The molecule has 166 valence electrons. The van der Waals surface area contributed by atoms with E-state index >= 15 is 0 Å². The summed E-state index contributed by atoms with van der Waals surface area (Å²) in [6.07, 6.45) is 1.88. The number of hydrogen-bond acceptors (Lipinski definition) is 4. The van der Waals surface area contributed by atoms with Crippen LogP contribution in [-0.2, 0) is 24.2 Å². The number of carbonyl (C=O) groups is 1. The molecule has 1 aromatic heterocycles. The summed E-state index contributed by atoms with van der Waals surface area (Å²) in [6, 6.07) is 20.4. The van der Waals surface area contributed by atoms with Gasteiger partial charge in [0.05, 0.1) is 30.6 Å². The Labute approximate surface area is 189 Å². The first kappa shape index (κ1) is 22.2. The summed E-state index contributed by atoms with van der Waals surface area (Å²) < 4.78 is 26.6. The normalized spacial score (nSPS) is 10.8. The van der Waals surface area contributed by atoms with Crippen LogP contribution in [-0.4, -0.2) is 21.0 Å². The molecule has 2 N–H and O–H groups in total. The highest BCUT2D eigenvalue weighted by Crippen LogP contribution is 2.23. The molecule has 1 heterocycles. The molecule has 33 heavy (non-hydrogen) atoms. The van der Waals surface area contributed by atoms with Gasteiger partial charge in [0.25, 0.3) is 0 Å². The van der Waals surface area contributed by atoms with Crippen molar-refractivity contribution in [3.8, 4) is 11.3 Å². The number of aromatic nitrogens is 2. The topological polar surface area (TPSA) is 75.1 Å². The molecule has 0 radical (unpaired) electrons. The first-order chi connectivity index (χ1) is 16.0. The standard InChI is InChI=1S/C26H21F2N3O2/c27-21-11-8-19(12-22(21)28)14-25(33)31-26-23(13-17-4-2-1-3-5-17)30-24(15-29-26)20-9-6-18(16-32)7-10-20/h1-12,15,32H,13-14,16H2,(H,29,31,33). The minimum absolute atomic E-state index is 0.0475. The predicted molar refractivity (Wildman–Crippen MR) is 121 cm³/mol. The van der Waals surface area contributed by atoms with E-state index in [0.717, 1.165) is 28.8 Å². The second-order valence-electron chi connectivity index (χ2n) is 7.54. The van der Waals surface area contributed by atoms with E-state index in [1.54, 1.807) is 6.20 Å². The smallest absolute Gasteiger partial charge is 0.229 e. The zero-order valence-electron chi connectivity index (χ0n) is 17.6. The van der Waals surface area contributed by atoms with Crippen LogP contribution in [0.5, 0.6) is 0 Å². The second kappa shape index (κ2) is 10.1. The van der Waals surface area contributed by atoms with Crippen LogP contribution in [0.25, 0.3) is 11.3 Å². The number of nitrogens with one attached hydrogen (secondary N) is 1. The molecule has 0 bridgehead atoms. The molecule has 0 saturated heterocycles. The van der Waals surface area contributed by atoms with E-state index in [4.69, 9.17) is 4.98 Å². The molecular formula is C26H21F2N3O2. The fourth-order valence-corrected chi connectivity index (χ4v) is 3.38. The summed E-state index contributed by atoms with van der Waals surface area (Å²) in [6.45, 7) is -0.0475. The van der Waals surface area contributed by atoms with Crippen molar-refractivity contribution in [2.45, 2.75) is 19.4 Å². The largest absolute Gasteiger partial charge is 0.392 e. The quantitative estimate of drug-likeness (QED) is 0.433. The maximum atomic E-state index is 13.5. The van der Waals surface area contributed by atoms with Crippen molar-refractivity contribution in [2.75, 3.05) is 5.32 Å². The number of benzene rings is 3. The maximum Gasteiger partial charge on any atom is 0.229 e. The van der Waals surface area contributed by atoms with Gasteiger partial charge in [-0.1, -0.05) is 60.7 Å². The highest BCUT2D eigenvalue weighted by atomic mass is 19.2. The van der Waals surface area contributed by atoms with E-state index < -0.39 is 17.5 Å². The van der Waals surface area contributed by atoms with Crippen LogP contribution in [0.3, 0.4) is 0 Å². The van der Waals surface area contributed by atoms with E-state index in [2.05, 4.69) is 10.3 Å². The zero-order valence-corrected chi connectivity index (χ0v) is 17.6. The molecule has 0 aliphatic carbocycles. The number of anilines is 1. The minimum atomic E-state index is -0.999. The highest BCUT2D eigenvalue weighted by molar-refractivity contribution is 5.92. The molecule has 0 aliphatic heterocycles. The fraction of sp³-hybridized carbons (Fsp3) is 0.115. The van der Waals surface area contributed by atoms with Gasteiger partial charge in [-0.05, 0) is 28.8 Å². The average Bonchev–Trinajstić information content (AvgIpc) is 2.83. The van der Waals surface area contributed by atoms with Crippen molar-refractivity contribution in [1.82, 2.24) is 9.97 Å². The molecule has 3 aromatic carbocycles. The van der Waals surface area contributed by atoms with Gasteiger partial charge in [-0.3, -0.25) is 4.79 Å². The molecule has 0 atom stereocenters. The lowest BCUT2D eigenvalue weighted by Gasteiger charge is -2.12. The number of rotatable bonds is 7. The number of amides is 1. The van der Waals surface area contributed by atoms with Gasteiger partial charge in [-0.15, -0.1) is 0 Å². The van der Waals surface area contributed by atoms with Crippen molar-refractivity contribution in [1.29, 1.82) is 0 Å². The number of nitrogens with zero attached hydrogens (tertiary/aromatic N) is 2. The van der Waals surface area contributed by atoms with Gasteiger partial charge in [0, 0.05) is 12.0 Å². The summed E-state index contributed by atoms with van der Waals surface area (Å²) in [4.78, 5) is 21.7. The van der Waals surface area contributed by atoms with Crippen LogP contribution in [0, 0.1) is 11.6 Å². The number of aliphatic hydroxyl groups excluding tert-OH is 1. The third kappa shape index (κ3) is 5.64. The fourth-order valence-electron chi connectivity index (χ4n) is 3.38. The predicted octanol–water partition coefficient (Wildman–Crippen LogP) is 4.69. The Balaban J connectivity index is 1.61. The van der Waals surface area contributed by atoms with Crippen LogP contribution < -0.4 is 5.32 Å². The second-order valence-corrected chi connectivity index (χ2v) is 7.54. The Bertz CT molecular complexity index is 1260. The molecule has 7 heteroatoms. The van der Waals surface area contributed by atoms with E-state index in [1.807, 2.05) is 54.6 Å². The molecule has 0 saturated carbocycles. The maximum absolute atomic E-state index is 13.5. The van der Waals surface area contributed by atoms with Crippen molar-refractivity contribution in [3.05, 3.63) is 113 Å². The summed E-state index contributed by atoms with van der Waals surface area (Å²) in [5.74, 6) is -2.06. The van der Waals surface area contributed by atoms with Crippen LogP contribution in [0.15, 0.2) is 79.0 Å². The van der Waals surface area contributed by atoms with Crippen LogP contribution in [0.1, 0.15) is 22.4 Å². The number of aliphatic hydroxyl groups is 1. The molecule has 1 amide bonds. The minimum Gasteiger partial charge on any atom is -0.392 e. The number of halogens is 2. The Morgan fingerprint density at radius 2 is 1.61 bits per heavy atom. The van der Waals surface area contributed by atoms with Gasteiger partial charge in [0.2, 0.25) is 5.91 Å². The van der Waals surface area contributed by atoms with Crippen LogP contribution >= 0.6 is 0 Å². The van der Waals surface area contributed by atoms with E-state index in [0.29, 0.717) is 29.2 Å². The molecule has 4 aromatic rings. The van der Waals surface area contributed by atoms with E-state index in [-0.39, 0.29) is 13.0 Å². The van der Waals surface area contributed by atoms with Gasteiger partial charge in [0.15, 0.2) is 17.5 Å². The van der Waals surface area contributed by atoms with Crippen molar-refractivity contribution in [3.63, 3.8) is 0 Å². The van der Waals surface area contributed by atoms with Crippen molar-refractivity contribution in [2.24, 2.45) is 0 Å². The van der Waals surface area contributed by atoms with Gasteiger partial charge in [-0.2, -0.15) is 0 Å². The lowest BCUT2D eigenvalue weighted by molar-refractivity contribution is -0.115. The Kier molecular flexibility index (Phi) is 6.80. The average molecular weight is 445 g/mol. The van der Waals surface area contributed by atoms with Crippen LogP contribution in [0.2, 0.25) is 0 Å². The highest BCUT2D eigenvalue weighted by Gasteiger charge is 2.14. The first-order valence-corrected chi connectivity index (χ1v) is 10.4. The molecule has 5 nitrogen and oxygen atoms in total. The summed E-state index contributed by atoms with van der Waals surface area (Å²) >= 11 is 0. The molecule has 4 rings (SSSR count). The van der Waals surface area contributed by atoms with Crippen molar-refractivity contribution < 1.29 is 18.7 Å². The molecule has 0 spiro atoms. The molecule has 0 unspecified atom stereocenters. The van der Waals surface area contributed by atoms with Gasteiger partial charge >= 0.3 is 0 Å². The van der Waals surface area contributed by atoms with Gasteiger partial charge in [-0.25, -0.2) is 18.7 Å². The van der Waals surface area contributed by atoms with E-state index in [9.17, 15) is 18.7 Å². The number of carbonyl (C=O) groups excluding carboxylic acids is 1. The third-order valence-electron chi connectivity index (χ3n) is 5.10. The Morgan fingerprint density at radius 3 is 2.30 bits per heavy atom. The molecule has 0 fully saturated rings. The summed E-state index contributed by atoms with van der Waals surface area (Å²) in [5, 5.41) is 12.0. The van der Waals surface area contributed by atoms with Crippen LogP contribution in [0.4, 0.5) is 14.6 Å². The van der Waals surface area contributed by atoms with Gasteiger partial charge < -0.3 is 10.4 Å². The van der Waals surface area contributed by atoms with Crippen molar-refractivity contribution >= 4 is 11.7 Å². The lowest BCUT2D eigenvalue weighted by Crippen LogP contribution is -2.18. The Hall–Kier alpha value is -3.97. The van der Waals surface area contributed by atoms with E-state index in [1.165, 1.54) is 6.07 Å². The lowest BCUT2D eigenvalue weighted by atomic mass is 10.1. The van der Waals surface area contributed by atoms with Gasteiger partial charge in [0.1, 0.15) is 0 Å². The monoisotopic (exact) mass is 445 g/mol.